The van der Waals surface area contributed by atoms with Crippen molar-refractivity contribution in [3.8, 4) is 0 Å². The third kappa shape index (κ3) is 3.53. The zero-order valence-electron chi connectivity index (χ0n) is 12.0. The normalized spacial score (nSPS) is 19.8. The molecule has 1 N–H and O–H groups in total. The number of rotatable bonds is 5. The molecule has 0 atom stereocenters. The summed E-state index contributed by atoms with van der Waals surface area (Å²) in [7, 11) is 0. The van der Waals surface area contributed by atoms with Crippen molar-refractivity contribution in [2.24, 2.45) is 0 Å². The smallest absolute Gasteiger partial charge is 0.107 e. The van der Waals surface area contributed by atoms with Gasteiger partial charge in [0, 0.05) is 30.1 Å². The molecule has 0 saturated carbocycles. The topological polar surface area (TPSA) is 28.2 Å². The summed E-state index contributed by atoms with van der Waals surface area (Å²) in [6, 6.07) is 0.523. The van der Waals surface area contributed by atoms with E-state index in [0.717, 1.165) is 13.1 Å². The molecule has 2 heterocycles. The van der Waals surface area contributed by atoms with Crippen molar-refractivity contribution in [3.63, 3.8) is 0 Å². The Bertz CT molecular complexity index is 384. The van der Waals surface area contributed by atoms with E-state index >= 15 is 0 Å². The van der Waals surface area contributed by atoms with Crippen molar-refractivity contribution in [1.82, 2.24) is 15.2 Å². The molecular formula is C14H25N3S. The van der Waals surface area contributed by atoms with Gasteiger partial charge in [0.25, 0.3) is 0 Å². The third-order valence-corrected chi connectivity index (χ3v) is 4.58. The van der Waals surface area contributed by atoms with Crippen molar-refractivity contribution >= 4 is 11.3 Å². The lowest BCUT2D eigenvalue weighted by Gasteiger charge is -2.30. The molecule has 0 aliphatic carbocycles. The van der Waals surface area contributed by atoms with Crippen LogP contribution < -0.4 is 5.32 Å². The van der Waals surface area contributed by atoms with Gasteiger partial charge < -0.3 is 5.32 Å². The maximum atomic E-state index is 4.73. The van der Waals surface area contributed by atoms with Crippen molar-refractivity contribution in [2.75, 3.05) is 6.54 Å². The first-order valence-electron chi connectivity index (χ1n) is 6.89. The fourth-order valence-corrected chi connectivity index (χ4v) is 3.18. The Balaban J connectivity index is 1.90. The van der Waals surface area contributed by atoms with Gasteiger partial charge in [-0.1, -0.05) is 13.8 Å². The second-order valence-corrected chi connectivity index (χ2v) is 7.05. The maximum absolute atomic E-state index is 4.73. The molecule has 0 amide bonds. The van der Waals surface area contributed by atoms with Gasteiger partial charge in [0.15, 0.2) is 0 Å². The van der Waals surface area contributed by atoms with Crippen LogP contribution in [-0.4, -0.2) is 28.0 Å². The van der Waals surface area contributed by atoms with Crippen LogP contribution in [0.5, 0.6) is 0 Å². The van der Waals surface area contributed by atoms with Gasteiger partial charge in [0.1, 0.15) is 5.01 Å². The second-order valence-electron chi connectivity index (χ2n) is 6.11. The average molecular weight is 267 g/mol. The SMILES string of the molecule is CC(C)NCc1nc(CN2CCCC2(C)C)cs1. The Kier molecular flexibility index (Phi) is 4.41. The molecule has 2 rings (SSSR count). The van der Waals surface area contributed by atoms with E-state index in [-0.39, 0.29) is 0 Å². The lowest BCUT2D eigenvalue weighted by atomic mass is 10.0. The van der Waals surface area contributed by atoms with Crippen LogP contribution in [-0.2, 0) is 13.1 Å². The summed E-state index contributed by atoms with van der Waals surface area (Å²) in [6.45, 7) is 12.1. The van der Waals surface area contributed by atoms with E-state index in [1.54, 1.807) is 11.3 Å². The van der Waals surface area contributed by atoms with E-state index in [9.17, 15) is 0 Å². The predicted octanol–water partition coefficient (Wildman–Crippen LogP) is 3.02. The lowest BCUT2D eigenvalue weighted by molar-refractivity contribution is 0.165. The van der Waals surface area contributed by atoms with E-state index in [1.165, 1.54) is 30.1 Å². The van der Waals surface area contributed by atoms with Crippen molar-refractivity contribution in [1.29, 1.82) is 0 Å². The fraction of sp³-hybridized carbons (Fsp3) is 0.786. The number of thiazole rings is 1. The largest absolute Gasteiger partial charge is 0.308 e. The highest BCUT2D eigenvalue weighted by molar-refractivity contribution is 7.09. The van der Waals surface area contributed by atoms with Crippen LogP contribution in [0.1, 0.15) is 51.2 Å². The molecule has 0 radical (unpaired) electrons. The Hall–Kier alpha value is -0.450. The van der Waals surface area contributed by atoms with Gasteiger partial charge in [-0.15, -0.1) is 11.3 Å². The highest BCUT2D eigenvalue weighted by atomic mass is 32.1. The van der Waals surface area contributed by atoms with Gasteiger partial charge in [-0.2, -0.15) is 0 Å². The molecule has 18 heavy (non-hydrogen) atoms. The first kappa shape index (κ1) is 14.0. The molecule has 3 nitrogen and oxygen atoms in total. The molecule has 0 unspecified atom stereocenters. The van der Waals surface area contributed by atoms with Crippen LogP contribution in [0.4, 0.5) is 0 Å². The van der Waals surface area contributed by atoms with Crippen LogP contribution in [0.25, 0.3) is 0 Å². The molecular weight excluding hydrogens is 242 g/mol. The highest BCUT2D eigenvalue weighted by Gasteiger charge is 2.31. The molecule has 4 heteroatoms. The molecule has 1 aromatic heterocycles. The highest BCUT2D eigenvalue weighted by Crippen LogP contribution is 2.29. The number of hydrogen-bond donors (Lipinski definition) is 1. The molecule has 1 fully saturated rings. The van der Waals surface area contributed by atoms with Gasteiger partial charge >= 0.3 is 0 Å². The maximum Gasteiger partial charge on any atom is 0.107 e. The van der Waals surface area contributed by atoms with Crippen LogP contribution in [0, 0.1) is 0 Å². The predicted molar refractivity (Wildman–Crippen MR) is 77.8 cm³/mol. The fourth-order valence-electron chi connectivity index (χ4n) is 2.45. The second kappa shape index (κ2) is 5.68. The Morgan fingerprint density at radius 2 is 2.28 bits per heavy atom. The lowest BCUT2D eigenvalue weighted by Crippen LogP contribution is -2.37. The molecule has 1 aliphatic rings. The third-order valence-electron chi connectivity index (χ3n) is 3.69. The summed E-state index contributed by atoms with van der Waals surface area (Å²) in [5.41, 5.74) is 1.58. The summed E-state index contributed by atoms with van der Waals surface area (Å²) >= 11 is 1.77. The van der Waals surface area contributed by atoms with Crippen molar-refractivity contribution in [2.45, 2.75) is 65.2 Å². The first-order valence-corrected chi connectivity index (χ1v) is 7.77. The Morgan fingerprint density at radius 1 is 1.50 bits per heavy atom. The molecule has 1 aliphatic heterocycles. The Morgan fingerprint density at radius 3 is 2.89 bits per heavy atom. The summed E-state index contributed by atoms with van der Waals surface area (Å²) in [6.07, 6.45) is 2.62. The number of nitrogens with one attached hydrogen (secondary N) is 1. The number of nitrogens with zero attached hydrogens (tertiary/aromatic N) is 2. The quantitative estimate of drug-likeness (QED) is 0.889. The molecule has 1 aromatic rings. The molecule has 1 saturated heterocycles. The van der Waals surface area contributed by atoms with Gasteiger partial charge in [0.05, 0.1) is 5.69 Å². The summed E-state index contributed by atoms with van der Waals surface area (Å²) in [5, 5.41) is 6.84. The molecule has 0 spiro atoms. The zero-order valence-corrected chi connectivity index (χ0v) is 12.8. The van der Waals surface area contributed by atoms with Crippen LogP contribution in [0.3, 0.4) is 0 Å². The van der Waals surface area contributed by atoms with Crippen molar-refractivity contribution in [3.05, 3.63) is 16.1 Å². The van der Waals surface area contributed by atoms with E-state index in [0.29, 0.717) is 11.6 Å². The molecule has 0 bridgehead atoms. The molecule has 102 valence electrons. The summed E-state index contributed by atoms with van der Waals surface area (Å²) in [5.74, 6) is 0. The zero-order chi connectivity index (χ0) is 13.2. The van der Waals surface area contributed by atoms with Crippen LogP contribution >= 0.6 is 11.3 Å². The van der Waals surface area contributed by atoms with Crippen LogP contribution in [0.15, 0.2) is 5.38 Å². The number of aromatic nitrogens is 1. The minimum atomic E-state index is 0.347. The monoisotopic (exact) mass is 267 g/mol. The van der Waals surface area contributed by atoms with Crippen LogP contribution in [0.2, 0.25) is 0 Å². The number of likely N-dealkylation sites (tertiary alicyclic amines) is 1. The van der Waals surface area contributed by atoms with Gasteiger partial charge in [-0.3, -0.25) is 4.90 Å². The van der Waals surface area contributed by atoms with Gasteiger partial charge in [-0.05, 0) is 33.2 Å². The van der Waals surface area contributed by atoms with Gasteiger partial charge in [-0.25, -0.2) is 4.98 Å². The standard InChI is InChI=1S/C14H25N3S/c1-11(2)15-8-13-16-12(10-18-13)9-17-7-5-6-14(17,3)4/h10-11,15H,5-9H2,1-4H3. The van der Waals surface area contributed by atoms with Gasteiger partial charge in [0.2, 0.25) is 0 Å². The van der Waals surface area contributed by atoms with E-state index in [4.69, 9.17) is 4.98 Å². The van der Waals surface area contributed by atoms with Crippen molar-refractivity contribution < 1.29 is 0 Å². The van der Waals surface area contributed by atoms with E-state index < -0.39 is 0 Å². The summed E-state index contributed by atoms with van der Waals surface area (Å²) < 4.78 is 0. The summed E-state index contributed by atoms with van der Waals surface area (Å²) in [4.78, 5) is 7.28. The minimum Gasteiger partial charge on any atom is -0.308 e. The average Bonchev–Trinajstić information content (AvgIpc) is 2.84. The first-order chi connectivity index (χ1) is 8.47. The minimum absolute atomic E-state index is 0.347. The number of hydrogen-bond acceptors (Lipinski definition) is 4. The Labute approximate surface area is 115 Å². The molecule has 0 aromatic carbocycles. The van der Waals surface area contributed by atoms with E-state index in [1.807, 2.05) is 0 Å². The van der Waals surface area contributed by atoms with E-state index in [2.05, 4.69) is 43.3 Å².